The van der Waals surface area contributed by atoms with Crippen molar-refractivity contribution in [1.82, 2.24) is 0 Å². The Kier molecular flexibility index (Phi) is 5.42. The standard InChI is InChI=1S/C28H24O7/c29-17-5-1-14(2-6-17)24-25(16-9-19(31)11-20(32)10-16)27(22-12-21(33)13-23(34)26(22)24)28(35)15-3-7-18(30)8-4-15/h1-13,24-25,27-35H/t24-,25-,27-,28+/m0/s1. The highest BCUT2D eigenvalue weighted by Crippen LogP contribution is 2.61. The summed E-state index contributed by atoms with van der Waals surface area (Å²) in [7, 11) is 0. The second-order valence-electron chi connectivity index (χ2n) is 8.91. The van der Waals surface area contributed by atoms with E-state index in [0.29, 0.717) is 22.3 Å². The van der Waals surface area contributed by atoms with Crippen molar-refractivity contribution in [3.05, 3.63) is 107 Å². The van der Waals surface area contributed by atoms with Crippen LogP contribution in [0.4, 0.5) is 0 Å². The Bertz CT molecular complexity index is 1360. The molecular formula is C28H24O7. The van der Waals surface area contributed by atoms with E-state index in [2.05, 4.69) is 0 Å². The zero-order chi connectivity index (χ0) is 24.9. The molecule has 0 heterocycles. The van der Waals surface area contributed by atoms with E-state index in [0.717, 1.165) is 5.56 Å². The Morgan fingerprint density at radius 2 is 1.09 bits per heavy atom. The monoisotopic (exact) mass is 472 g/mol. The van der Waals surface area contributed by atoms with Crippen molar-refractivity contribution < 1.29 is 35.7 Å². The topological polar surface area (TPSA) is 142 Å². The molecule has 0 aliphatic heterocycles. The molecule has 0 amide bonds. The second-order valence-corrected chi connectivity index (χ2v) is 8.91. The minimum absolute atomic E-state index is 0.0412. The molecule has 0 fully saturated rings. The molecular weight excluding hydrogens is 448 g/mol. The molecule has 1 aliphatic carbocycles. The van der Waals surface area contributed by atoms with Gasteiger partial charge in [-0.15, -0.1) is 0 Å². The first-order chi connectivity index (χ1) is 16.7. The third-order valence-corrected chi connectivity index (χ3v) is 6.73. The van der Waals surface area contributed by atoms with Gasteiger partial charge >= 0.3 is 0 Å². The van der Waals surface area contributed by atoms with E-state index in [1.165, 1.54) is 54.6 Å². The first kappa shape index (κ1) is 22.4. The molecule has 0 unspecified atom stereocenters. The van der Waals surface area contributed by atoms with Crippen molar-refractivity contribution in [2.45, 2.75) is 23.9 Å². The number of hydrogen-bond acceptors (Lipinski definition) is 7. The summed E-state index contributed by atoms with van der Waals surface area (Å²) in [5, 5.41) is 73.0. The first-order valence-electron chi connectivity index (χ1n) is 11.1. The SMILES string of the molecule is Oc1ccc([C@@H]2c3c(O)cc(O)cc3[C@H]([C@H](O)c3ccc(O)cc3)[C@H]2c2cc(O)cc(O)c2)cc1. The molecule has 7 N–H and O–H groups in total. The summed E-state index contributed by atoms with van der Waals surface area (Å²) >= 11 is 0. The fourth-order valence-electron chi connectivity index (χ4n) is 5.35. The van der Waals surface area contributed by atoms with Crippen molar-refractivity contribution in [3.63, 3.8) is 0 Å². The molecule has 0 spiro atoms. The smallest absolute Gasteiger partial charge is 0.123 e. The Hall–Kier alpha value is -4.36. The van der Waals surface area contributed by atoms with Crippen LogP contribution in [0.25, 0.3) is 0 Å². The van der Waals surface area contributed by atoms with Crippen molar-refractivity contribution in [3.8, 4) is 34.5 Å². The number of rotatable bonds is 4. The molecule has 0 bridgehead atoms. The van der Waals surface area contributed by atoms with Crippen LogP contribution >= 0.6 is 0 Å². The van der Waals surface area contributed by atoms with Crippen LogP contribution < -0.4 is 0 Å². The lowest BCUT2D eigenvalue weighted by Crippen LogP contribution is -2.18. The van der Waals surface area contributed by atoms with Gasteiger partial charge < -0.3 is 35.7 Å². The van der Waals surface area contributed by atoms with Crippen LogP contribution in [-0.4, -0.2) is 35.7 Å². The van der Waals surface area contributed by atoms with E-state index >= 15 is 0 Å². The number of benzene rings is 4. The quantitative estimate of drug-likeness (QED) is 0.229. The fraction of sp³-hybridized carbons (Fsp3) is 0.143. The molecule has 5 rings (SSSR count). The molecule has 0 radical (unpaired) electrons. The van der Waals surface area contributed by atoms with Gasteiger partial charge in [-0.3, -0.25) is 0 Å². The number of hydrogen-bond donors (Lipinski definition) is 7. The molecule has 0 saturated carbocycles. The third kappa shape index (κ3) is 3.96. The van der Waals surface area contributed by atoms with Gasteiger partial charge in [0, 0.05) is 35.4 Å². The first-order valence-corrected chi connectivity index (χ1v) is 11.1. The van der Waals surface area contributed by atoms with Gasteiger partial charge in [0.1, 0.15) is 34.5 Å². The number of phenols is 6. The van der Waals surface area contributed by atoms with E-state index in [-0.39, 0.29) is 34.5 Å². The predicted molar refractivity (Wildman–Crippen MR) is 128 cm³/mol. The van der Waals surface area contributed by atoms with Gasteiger partial charge in [0.05, 0.1) is 6.10 Å². The highest BCUT2D eigenvalue weighted by atomic mass is 16.3. The van der Waals surface area contributed by atoms with Gasteiger partial charge in [-0.1, -0.05) is 24.3 Å². The molecule has 4 atom stereocenters. The molecule has 4 aromatic carbocycles. The summed E-state index contributed by atoms with van der Waals surface area (Å²) in [5.41, 5.74) is 2.73. The number of aliphatic hydroxyl groups is 1. The van der Waals surface area contributed by atoms with Gasteiger partial charge in [0.2, 0.25) is 0 Å². The number of phenolic OH excluding ortho intramolecular Hbond substituents is 6. The van der Waals surface area contributed by atoms with Crippen LogP contribution in [0.1, 0.15) is 51.7 Å². The van der Waals surface area contributed by atoms with Crippen molar-refractivity contribution >= 4 is 0 Å². The van der Waals surface area contributed by atoms with Crippen LogP contribution in [0.3, 0.4) is 0 Å². The number of fused-ring (bicyclic) bond motifs is 1. The van der Waals surface area contributed by atoms with Crippen LogP contribution in [0.2, 0.25) is 0 Å². The minimum atomic E-state index is -1.13. The van der Waals surface area contributed by atoms with E-state index in [1.54, 1.807) is 24.3 Å². The molecule has 0 saturated heterocycles. The van der Waals surface area contributed by atoms with Gasteiger partial charge in [0.15, 0.2) is 0 Å². The van der Waals surface area contributed by atoms with Gasteiger partial charge in [-0.25, -0.2) is 0 Å². The fourth-order valence-corrected chi connectivity index (χ4v) is 5.35. The maximum absolute atomic E-state index is 11.6. The maximum Gasteiger partial charge on any atom is 0.123 e. The van der Waals surface area contributed by atoms with Crippen LogP contribution in [0.15, 0.2) is 78.9 Å². The maximum atomic E-state index is 11.6. The zero-order valence-corrected chi connectivity index (χ0v) is 18.4. The summed E-state index contributed by atoms with van der Waals surface area (Å²) in [6.45, 7) is 0. The highest BCUT2D eigenvalue weighted by Gasteiger charge is 2.47. The van der Waals surface area contributed by atoms with Crippen LogP contribution in [0.5, 0.6) is 34.5 Å². The number of aromatic hydroxyl groups is 6. The summed E-state index contributed by atoms with van der Waals surface area (Å²) < 4.78 is 0. The molecule has 0 aromatic heterocycles. The van der Waals surface area contributed by atoms with E-state index in [9.17, 15) is 35.7 Å². The Balaban J connectivity index is 1.79. The van der Waals surface area contributed by atoms with E-state index in [1.807, 2.05) is 0 Å². The van der Waals surface area contributed by atoms with Crippen LogP contribution in [0, 0.1) is 0 Å². The molecule has 7 heteroatoms. The average Bonchev–Trinajstić information content (AvgIpc) is 3.14. The molecule has 1 aliphatic rings. The summed E-state index contributed by atoms with van der Waals surface area (Å²) in [5.74, 6) is -2.41. The molecule has 4 aromatic rings. The minimum Gasteiger partial charge on any atom is -0.508 e. The average molecular weight is 472 g/mol. The van der Waals surface area contributed by atoms with E-state index < -0.39 is 23.9 Å². The predicted octanol–water partition coefficient (Wildman–Crippen LogP) is 4.67. The lowest BCUT2D eigenvalue weighted by atomic mass is 9.75. The number of aliphatic hydroxyl groups excluding tert-OH is 1. The Labute approximate surface area is 201 Å². The van der Waals surface area contributed by atoms with Crippen LogP contribution in [-0.2, 0) is 0 Å². The van der Waals surface area contributed by atoms with Crippen molar-refractivity contribution in [2.75, 3.05) is 0 Å². The Morgan fingerprint density at radius 1 is 0.543 bits per heavy atom. The second kappa shape index (κ2) is 8.45. The van der Waals surface area contributed by atoms with Crippen molar-refractivity contribution in [1.29, 1.82) is 0 Å². The molecule has 35 heavy (non-hydrogen) atoms. The van der Waals surface area contributed by atoms with E-state index in [4.69, 9.17) is 0 Å². The summed E-state index contributed by atoms with van der Waals surface area (Å²) in [6, 6.07) is 19.5. The molecule has 178 valence electrons. The normalized spacial score (nSPS) is 19.9. The highest BCUT2D eigenvalue weighted by molar-refractivity contribution is 5.60. The zero-order valence-electron chi connectivity index (χ0n) is 18.4. The van der Waals surface area contributed by atoms with Crippen molar-refractivity contribution in [2.24, 2.45) is 0 Å². The largest absolute Gasteiger partial charge is 0.508 e. The van der Waals surface area contributed by atoms with Gasteiger partial charge in [-0.05, 0) is 64.7 Å². The Morgan fingerprint density at radius 3 is 1.69 bits per heavy atom. The van der Waals surface area contributed by atoms with Gasteiger partial charge in [-0.2, -0.15) is 0 Å². The summed E-state index contributed by atoms with van der Waals surface area (Å²) in [6.07, 6.45) is -1.13. The third-order valence-electron chi connectivity index (χ3n) is 6.73. The summed E-state index contributed by atoms with van der Waals surface area (Å²) in [4.78, 5) is 0. The lowest BCUT2D eigenvalue weighted by molar-refractivity contribution is 0.134. The molecule has 7 nitrogen and oxygen atoms in total. The lowest BCUT2D eigenvalue weighted by Gasteiger charge is -2.30. The van der Waals surface area contributed by atoms with Gasteiger partial charge in [0.25, 0.3) is 0 Å².